The van der Waals surface area contributed by atoms with Crippen LogP contribution in [0.3, 0.4) is 0 Å². The lowest BCUT2D eigenvalue weighted by atomic mass is 10.1. The van der Waals surface area contributed by atoms with Crippen molar-refractivity contribution in [2.45, 2.75) is 13.0 Å². The highest BCUT2D eigenvalue weighted by atomic mass is 16.5. The van der Waals surface area contributed by atoms with Gasteiger partial charge in [-0.05, 0) is 30.7 Å². The van der Waals surface area contributed by atoms with Gasteiger partial charge in [0.05, 0.1) is 13.2 Å². The molecule has 102 valence electrons. The smallest absolute Gasteiger partial charge is 0.244 e. The van der Waals surface area contributed by atoms with Crippen LogP contribution < -0.4 is 10.2 Å². The van der Waals surface area contributed by atoms with E-state index in [-0.39, 0.29) is 11.9 Å². The highest BCUT2D eigenvalue weighted by Gasteiger charge is 2.29. The van der Waals surface area contributed by atoms with Crippen molar-refractivity contribution in [2.75, 3.05) is 31.7 Å². The number of rotatable bonds is 3. The maximum atomic E-state index is 11.9. The van der Waals surface area contributed by atoms with Crippen LogP contribution in [-0.2, 0) is 9.53 Å². The summed E-state index contributed by atoms with van der Waals surface area (Å²) in [6, 6.07) is 5.17. The number of carbonyl (C=O) groups excluding carboxylic acids is 2. The molecule has 1 aromatic carbocycles. The minimum absolute atomic E-state index is 0.0569. The van der Waals surface area contributed by atoms with Gasteiger partial charge in [0, 0.05) is 24.8 Å². The molecule has 1 N–H and O–H groups in total. The molecule has 1 atom stereocenters. The van der Waals surface area contributed by atoms with Crippen molar-refractivity contribution < 1.29 is 14.3 Å². The van der Waals surface area contributed by atoms with E-state index in [4.69, 9.17) is 4.74 Å². The van der Waals surface area contributed by atoms with Crippen molar-refractivity contribution >= 4 is 17.9 Å². The molecule has 1 saturated heterocycles. The van der Waals surface area contributed by atoms with Crippen LogP contribution in [0, 0.1) is 6.92 Å². The lowest BCUT2D eigenvalue weighted by molar-refractivity contribution is -0.124. The molecule has 1 unspecified atom stereocenters. The van der Waals surface area contributed by atoms with Gasteiger partial charge in [0.1, 0.15) is 12.3 Å². The fourth-order valence-electron chi connectivity index (χ4n) is 2.35. The maximum Gasteiger partial charge on any atom is 0.244 e. The van der Waals surface area contributed by atoms with Crippen LogP contribution in [0.4, 0.5) is 5.69 Å². The molecule has 0 spiro atoms. The minimum atomic E-state index is -0.320. The average Bonchev–Trinajstić information content (AvgIpc) is 2.46. The summed E-state index contributed by atoms with van der Waals surface area (Å²) in [5, 5.41) is 2.66. The highest BCUT2D eigenvalue weighted by molar-refractivity contribution is 5.86. The zero-order chi connectivity index (χ0) is 13.8. The van der Waals surface area contributed by atoms with E-state index in [0.29, 0.717) is 25.3 Å². The molecule has 0 radical (unpaired) electrons. The number of aldehydes is 1. The summed E-state index contributed by atoms with van der Waals surface area (Å²) in [5.74, 6) is -0.0569. The van der Waals surface area contributed by atoms with Crippen molar-refractivity contribution in [2.24, 2.45) is 0 Å². The Hall–Kier alpha value is -1.88. The molecule has 0 aliphatic carbocycles. The number of carbonyl (C=O) groups is 2. The largest absolute Gasteiger partial charge is 0.377 e. The second-order valence-electron chi connectivity index (χ2n) is 4.56. The molecular weight excluding hydrogens is 244 g/mol. The fourth-order valence-corrected chi connectivity index (χ4v) is 2.35. The third-order valence-electron chi connectivity index (χ3n) is 3.34. The Morgan fingerprint density at radius 2 is 2.32 bits per heavy atom. The summed E-state index contributed by atoms with van der Waals surface area (Å²) in [6.45, 7) is 3.59. The lowest BCUT2D eigenvalue weighted by Crippen LogP contribution is -2.53. The topological polar surface area (TPSA) is 58.6 Å². The first-order chi connectivity index (χ1) is 9.17. The lowest BCUT2D eigenvalue weighted by Gasteiger charge is -2.37. The van der Waals surface area contributed by atoms with E-state index in [1.54, 1.807) is 13.1 Å². The second kappa shape index (κ2) is 5.84. The number of nitrogens with one attached hydrogen (secondary N) is 1. The van der Waals surface area contributed by atoms with Gasteiger partial charge >= 0.3 is 0 Å². The Morgan fingerprint density at radius 3 is 2.95 bits per heavy atom. The van der Waals surface area contributed by atoms with E-state index < -0.39 is 0 Å². The first kappa shape index (κ1) is 13.5. The fraction of sp³-hybridized carbons (Fsp3) is 0.429. The molecule has 1 fully saturated rings. The molecule has 1 heterocycles. The van der Waals surface area contributed by atoms with Gasteiger partial charge in [0.2, 0.25) is 5.91 Å². The third kappa shape index (κ3) is 2.76. The number of hydrogen-bond acceptors (Lipinski definition) is 4. The second-order valence-corrected chi connectivity index (χ2v) is 4.56. The SMILES string of the molecule is CNC(=O)C1COCCN1c1ccc(C=O)cc1C. The predicted octanol–water partition coefficient (Wildman–Crippen LogP) is 0.759. The molecule has 0 bridgehead atoms. The number of aryl methyl sites for hydroxylation is 1. The normalized spacial score (nSPS) is 19.1. The Bertz CT molecular complexity index is 488. The van der Waals surface area contributed by atoms with Gasteiger partial charge in [-0.25, -0.2) is 0 Å². The van der Waals surface area contributed by atoms with Crippen molar-refractivity contribution in [3.63, 3.8) is 0 Å². The van der Waals surface area contributed by atoms with Gasteiger partial charge in [-0.1, -0.05) is 0 Å². The first-order valence-corrected chi connectivity index (χ1v) is 6.29. The molecule has 1 aromatic rings. The number of hydrogen-bond donors (Lipinski definition) is 1. The van der Waals surface area contributed by atoms with Crippen molar-refractivity contribution in [1.29, 1.82) is 0 Å². The van der Waals surface area contributed by atoms with Gasteiger partial charge in [-0.2, -0.15) is 0 Å². The molecule has 5 nitrogen and oxygen atoms in total. The highest BCUT2D eigenvalue weighted by Crippen LogP contribution is 2.24. The van der Waals surface area contributed by atoms with E-state index in [0.717, 1.165) is 17.5 Å². The minimum Gasteiger partial charge on any atom is -0.377 e. The maximum absolute atomic E-state index is 11.9. The first-order valence-electron chi connectivity index (χ1n) is 6.29. The Kier molecular flexibility index (Phi) is 4.16. The van der Waals surface area contributed by atoms with Crippen LogP contribution in [0.1, 0.15) is 15.9 Å². The summed E-state index contributed by atoms with van der Waals surface area (Å²) >= 11 is 0. The standard InChI is InChI=1S/C14H18N2O3/c1-10-7-11(8-17)3-4-12(10)16-5-6-19-9-13(16)14(18)15-2/h3-4,7-8,13H,5-6,9H2,1-2H3,(H,15,18). The molecular formula is C14H18N2O3. The molecule has 1 amide bonds. The van der Waals surface area contributed by atoms with Crippen molar-refractivity contribution in [1.82, 2.24) is 5.32 Å². The Balaban J connectivity index is 2.32. The quantitative estimate of drug-likeness (QED) is 0.817. The number of morpholine rings is 1. The van der Waals surface area contributed by atoms with Gasteiger partial charge in [-0.3, -0.25) is 9.59 Å². The average molecular weight is 262 g/mol. The van der Waals surface area contributed by atoms with Crippen LogP contribution >= 0.6 is 0 Å². The van der Waals surface area contributed by atoms with Gasteiger partial charge in [-0.15, -0.1) is 0 Å². The van der Waals surface area contributed by atoms with E-state index in [1.807, 2.05) is 24.0 Å². The van der Waals surface area contributed by atoms with Crippen LogP contribution in [0.5, 0.6) is 0 Å². The molecule has 1 aliphatic heterocycles. The zero-order valence-electron chi connectivity index (χ0n) is 11.2. The molecule has 0 aromatic heterocycles. The number of likely N-dealkylation sites (N-methyl/N-ethyl adjacent to an activating group) is 1. The molecule has 2 rings (SSSR count). The van der Waals surface area contributed by atoms with E-state index >= 15 is 0 Å². The number of anilines is 1. The molecule has 1 aliphatic rings. The summed E-state index contributed by atoms with van der Waals surface area (Å²) in [5.41, 5.74) is 2.61. The number of benzene rings is 1. The zero-order valence-corrected chi connectivity index (χ0v) is 11.2. The summed E-state index contributed by atoms with van der Waals surface area (Å²) < 4.78 is 5.38. The molecule has 19 heavy (non-hydrogen) atoms. The summed E-state index contributed by atoms with van der Waals surface area (Å²) in [4.78, 5) is 24.7. The predicted molar refractivity (Wildman–Crippen MR) is 72.6 cm³/mol. The van der Waals surface area contributed by atoms with E-state index in [1.165, 1.54) is 0 Å². The molecule has 5 heteroatoms. The van der Waals surface area contributed by atoms with Crippen molar-refractivity contribution in [3.05, 3.63) is 29.3 Å². The van der Waals surface area contributed by atoms with Gasteiger partial charge in [0.25, 0.3) is 0 Å². The van der Waals surface area contributed by atoms with Gasteiger partial charge < -0.3 is 15.0 Å². The van der Waals surface area contributed by atoms with E-state index in [9.17, 15) is 9.59 Å². The number of amides is 1. The summed E-state index contributed by atoms with van der Waals surface area (Å²) in [6.07, 6.45) is 0.826. The Morgan fingerprint density at radius 1 is 1.53 bits per heavy atom. The van der Waals surface area contributed by atoms with Crippen LogP contribution in [0.2, 0.25) is 0 Å². The van der Waals surface area contributed by atoms with Crippen LogP contribution in [0.25, 0.3) is 0 Å². The summed E-state index contributed by atoms with van der Waals surface area (Å²) in [7, 11) is 1.62. The van der Waals surface area contributed by atoms with Gasteiger partial charge in [0.15, 0.2) is 0 Å². The number of ether oxygens (including phenoxy) is 1. The van der Waals surface area contributed by atoms with Crippen LogP contribution in [-0.4, -0.2) is 45.0 Å². The van der Waals surface area contributed by atoms with Crippen molar-refractivity contribution in [3.8, 4) is 0 Å². The number of nitrogens with zero attached hydrogens (tertiary/aromatic N) is 1. The Labute approximate surface area is 112 Å². The third-order valence-corrected chi connectivity index (χ3v) is 3.34. The monoisotopic (exact) mass is 262 g/mol. The van der Waals surface area contributed by atoms with Crippen LogP contribution in [0.15, 0.2) is 18.2 Å². The molecule has 0 saturated carbocycles. The van der Waals surface area contributed by atoms with E-state index in [2.05, 4.69) is 5.32 Å².